The van der Waals surface area contributed by atoms with E-state index in [-0.39, 0.29) is 0 Å². The van der Waals surface area contributed by atoms with Crippen molar-refractivity contribution in [2.45, 2.75) is 13.8 Å². The first-order valence-electron chi connectivity index (χ1n) is 4.67. The third-order valence-electron chi connectivity index (χ3n) is 1.68. The summed E-state index contributed by atoms with van der Waals surface area (Å²) < 4.78 is 4.68. The Morgan fingerprint density at radius 2 is 2.20 bits per heavy atom. The van der Waals surface area contributed by atoms with Crippen LogP contribution in [0.4, 0.5) is 5.69 Å². The molecular formula is C12H13NO2. The average molecular weight is 203 g/mol. The lowest BCUT2D eigenvalue weighted by atomic mass is 10.1. The van der Waals surface area contributed by atoms with Crippen LogP contribution in [0.5, 0.6) is 0 Å². The van der Waals surface area contributed by atoms with Gasteiger partial charge in [-0.15, -0.1) is 0 Å². The summed E-state index contributed by atoms with van der Waals surface area (Å²) in [6, 6.07) is 5.43. The van der Waals surface area contributed by atoms with E-state index >= 15 is 0 Å². The van der Waals surface area contributed by atoms with Crippen molar-refractivity contribution in [3.05, 3.63) is 29.3 Å². The Hall–Kier alpha value is -1.95. The molecule has 0 saturated carbocycles. The van der Waals surface area contributed by atoms with Crippen LogP contribution in [0.3, 0.4) is 0 Å². The van der Waals surface area contributed by atoms with E-state index in [1.807, 2.05) is 19.1 Å². The monoisotopic (exact) mass is 203 g/mol. The molecule has 1 rings (SSSR count). The molecule has 0 aliphatic carbocycles. The van der Waals surface area contributed by atoms with Gasteiger partial charge < -0.3 is 10.5 Å². The third-order valence-corrected chi connectivity index (χ3v) is 1.68. The van der Waals surface area contributed by atoms with Gasteiger partial charge in [0.05, 0.1) is 6.61 Å². The summed E-state index contributed by atoms with van der Waals surface area (Å²) in [5.74, 6) is 4.58. The number of nitrogens with two attached hydrogens (primary N) is 1. The third kappa shape index (κ3) is 3.74. The molecule has 3 heteroatoms. The molecule has 78 valence electrons. The standard InChI is InChI=1S/C12H13NO2/c1-3-15-12(14)5-4-10-6-9(2)7-11(13)8-10/h6-8H,3,13H2,1-2H3. The second-order valence-corrected chi connectivity index (χ2v) is 3.10. The predicted molar refractivity (Wildman–Crippen MR) is 59.1 cm³/mol. The molecule has 0 amide bonds. The van der Waals surface area contributed by atoms with Crippen molar-refractivity contribution in [2.24, 2.45) is 0 Å². The zero-order valence-electron chi connectivity index (χ0n) is 8.83. The van der Waals surface area contributed by atoms with Crippen LogP contribution < -0.4 is 5.73 Å². The van der Waals surface area contributed by atoms with Crippen molar-refractivity contribution in [1.82, 2.24) is 0 Å². The number of esters is 1. The molecule has 0 unspecified atom stereocenters. The first-order valence-corrected chi connectivity index (χ1v) is 4.67. The minimum atomic E-state index is -0.516. The Labute approximate surface area is 89.2 Å². The Kier molecular flexibility index (Phi) is 3.75. The van der Waals surface area contributed by atoms with Crippen molar-refractivity contribution in [2.75, 3.05) is 12.3 Å². The SMILES string of the molecule is CCOC(=O)C#Cc1cc(C)cc(N)c1. The van der Waals surface area contributed by atoms with E-state index in [1.54, 1.807) is 13.0 Å². The van der Waals surface area contributed by atoms with Crippen LogP contribution in [0.15, 0.2) is 18.2 Å². The van der Waals surface area contributed by atoms with Crippen LogP contribution in [0.2, 0.25) is 0 Å². The number of nitrogen functional groups attached to an aromatic ring is 1. The van der Waals surface area contributed by atoms with E-state index < -0.39 is 5.97 Å². The number of rotatable bonds is 1. The van der Waals surface area contributed by atoms with E-state index in [0.717, 1.165) is 11.1 Å². The van der Waals surface area contributed by atoms with Gasteiger partial charge in [0.2, 0.25) is 0 Å². The van der Waals surface area contributed by atoms with E-state index in [1.165, 1.54) is 0 Å². The van der Waals surface area contributed by atoms with Gasteiger partial charge in [-0.05, 0) is 37.6 Å². The maximum absolute atomic E-state index is 11.0. The molecule has 0 fully saturated rings. The molecule has 0 bridgehead atoms. The van der Waals surface area contributed by atoms with Crippen LogP contribution in [0, 0.1) is 18.8 Å². The summed E-state index contributed by atoms with van der Waals surface area (Å²) in [6.45, 7) is 4.00. The molecular weight excluding hydrogens is 190 g/mol. The van der Waals surface area contributed by atoms with Crippen molar-refractivity contribution < 1.29 is 9.53 Å². The minimum Gasteiger partial charge on any atom is -0.456 e. The predicted octanol–water partition coefficient (Wildman–Crippen LogP) is 1.49. The molecule has 0 radical (unpaired) electrons. The van der Waals surface area contributed by atoms with Gasteiger partial charge in [0.1, 0.15) is 0 Å². The van der Waals surface area contributed by atoms with E-state index in [0.29, 0.717) is 12.3 Å². The quantitative estimate of drug-likeness (QED) is 0.427. The summed E-state index contributed by atoms with van der Waals surface area (Å²) in [5, 5.41) is 0. The molecule has 1 aromatic rings. The van der Waals surface area contributed by atoms with Crippen molar-refractivity contribution in [3.8, 4) is 11.8 Å². The number of aryl methyl sites for hydroxylation is 1. The fourth-order valence-corrected chi connectivity index (χ4v) is 1.18. The summed E-state index contributed by atoms with van der Waals surface area (Å²) in [6.07, 6.45) is 0. The van der Waals surface area contributed by atoms with Crippen molar-refractivity contribution >= 4 is 11.7 Å². The molecule has 15 heavy (non-hydrogen) atoms. The normalized spacial score (nSPS) is 8.93. The Morgan fingerprint density at radius 1 is 1.47 bits per heavy atom. The highest BCUT2D eigenvalue weighted by Gasteiger charge is 1.95. The van der Waals surface area contributed by atoms with Crippen LogP contribution in [-0.4, -0.2) is 12.6 Å². The highest BCUT2D eigenvalue weighted by atomic mass is 16.5. The van der Waals surface area contributed by atoms with Crippen molar-refractivity contribution in [1.29, 1.82) is 0 Å². The first kappa shape index (κ1) is 11.1. The topological polar surface area (TPSA) is 52.3 Å². The summed E-state index contributed by atoms with van der Waals surface area (Å²) in [5.41, 5.74) is 8.02. The number of hydrogen-bond donors (Lipinski definition) is 1. The highest BCUT2D eigenvalue weighted by Crippen LogP contribution is 2.09. The van der Waals surface area contributed by atoms with Gasteiger partial charge in [0, 0.05) is 17.2 Å². The van der Waals surface area contributed by atoms with Crippen LogP contribution in [0.1, 0.15) is 18.1 Å². The van der Waals surface area contributed by atoms with Gasteiger partial charge in [0.25, 0.3) is 0 Å². The number of anilines is 1. The zero-order chi connectivity index (χ0) is 11.3. The molecule has 0 atom stereocenters. The van der Waals surface area contributed by atoms with Gasteiger partial charge in [-0.2, -0.15) is 0 Å². The smallest absolute Gasteiger partial charge is 0.384 e. The maximum Gasteiger partial charge on any atom is 0.384 e. The van der Waals surface area contributed by atoms with E-state index in [4.69, 9.17) is 5.73 Å². The second kappa shape index (κ2) is 5.06. The lowest BCUT2D eigenvalue weighted by Gasteiger charge is -1.97. The minimum absolute atomic E-state index is 0.337. The molecule has 2 N–H and O–H groups in total. The van der Waals surface area contributed by atoms with Gasteiger partial charge in [-0.3, -0.25) is 0 Å². The molecule has 0 aliphatic rings. The van der Waals surface area contributed by atoms with Crippen LogP contribution >= 0.6 is 0 Å². The average Bonchev–Trinajstić information content (AvgIpc) is 2.14. The van der Waals surface area contributed by atoms with Crippen LogP contribution in [0.25, 0.3) is 0 Å². The van der Waals surface area contributed by atoms with Gasteiger partial charge in [-0.1, -0.05) is 5.92 Å². The fraction of sp³-hybridized carbons (Fsp3) is 0.250. The Balaban J connectivity index is 2.84. The number of carbonyl (C=O) groups excluding carboxylic acids is 1. The molecule has 0 aliphatic heterocycles. The van der Waals surface area contributed by atoms with E-state index in [9.17, 15) is 4.79 Å². The molecule has 0 aromatic heterocycles. The Morgan fingerprint density at radius 3 is 2.80 bits per heavy atom. The summed E-state index contributed by atoms with van der Waals surface area (Å²) >= 11 is 0. The zero-order valence-corrected chi connectivity index (χ0v) is 8.83. The maximum atomic E-state index is 11.0. The highest BCUT2D eigenvalue weighted by molar-refractivity contribution is 5.89. The number of hydrogen-bond acceptors (Lipinski definition) is 3. The summed E-state index contributed by atoms with van der Waals surface area (Å²) in [7, 11) is 0. The largest absolute Gasteiger partial charge is 0.456 e. The molecule has 1 aromatic carbocycles. The molecule has 0 spiro atoms. The van der Waals surface area contributed by atoms with E-state index in [2.05, 4.69) is 16.6 Å². The number of benzene rings is 1. The molecule has 0 saturated heterocycles. The van der Waals surface area contributed by atoms with Crippen molar-refractivity contribution in [3.63, 3.8) is 0 Å². The number of carbonyl (C=O) groups is 1. The Bertz CT molecular complexity index is 407. The number of ether oxygens (including phenoxy) is 1. The lowest BCUT2D eigenvalue weighted by molar-refractivity contribution is -0.136. The first-order chi connectivity index (χ1) is 7.11. The summed E-state index contributed by atoms with van der Waals surface area (Å²) in [4.78, 5) is 11.0. The second-order valence-electron chi connectivity index (χ2n) is 3.10. The van der Waals surface area contributed by atoms with Gasteiger partial charge in [0.15, 0.2) is 0 Å². The molecule has 0 heterocycles. The fourth-order valence-electron chi connectivity index (χ4n) is 1.18. The van der Waals surface area contributed by atoms with Gasteiger partial charge >= 0.3 is 5.97 Å². The lowest BCUT2D eigenvalue weighted by Crippen LogP contribution is -1.99. The molecule has 3 nitrogen and oxygen atoms in total. The van der Waals surface area contributed by atoms with Gasteiger partial charge in [-0.25, -0.2) is 4.79 Å². The van der Waals surface area contributed by atoms with Crippen LogP contribution in [-0.2, 0) is 9.53 Å².